The van der Waals surface area contributed by atoms with Crippen molar-refractivity contribution in [2.75, 3.05) is 16.9 Å². The molecule has 0 aliphatic carbocycles. The smallest absolute Gasteiger partial charge is 0.335 e. The number of aromatic carboxylic acids is 1. The average Bonchev–Trinajstić information content (AvgIpc) is 2.98. The SMILES string of the molecule is CCC(=O)N1CSCC1C(=O)Nc1cc(C(=O)O)ccc1F. The Hall–Kier alpha value is -2.09. The number of rotatable bonds is 4. The highest BCUT2D eigenvalue weighted by atomic mass is 32.2. The Morgan fingerprint density at radius 1 is 1.45 bits per heavy atom. The Kier molecular flexibility index (Phi) is 5.02. The number of hydrogen-bond donors (Lipinski definition) is 2. The van der Waals surface area contributed by atoms with Crippen molar-refractivity contribution in [3.05, 3.63) is 29.6 Å². The number of anilines is 1. The molecule has 2 rings (SSSR count). The fourth-order valence-electron chi connectivity index (χ4n) is 2.08. The first kappa shape index (κ1) is 16.3. The van der Waals surface area contributed by atoms with Gasteiger partial charge in [0.25, 0.3) is 0 Å². The van der Waals surface area contributed by atoms with E-state index < -0.39 is 23.7 Å². The number of carbonyl (C=O) groups excluding carboxylic acids is 2. The van der Waals surface area contributed by atoms with Crippen molar-refractivity contribution in [2.24, 2.45) is 0 Å². The Morgan fingerprint density at radius 2 is 2.18 bits per heavy atom. The summed E-state index contributed by atoms with van der Waals surface area (Å²) in [4.78, 5) is 36.4. The molecule has 1 unspecified atom stereocenters. The lowest BCUT2D eigenvalue weighted by atomic mass is 10.2. The molecule has 22 heavy (non-hydrogen) atoms. The number of carboxylic acids is 1. The zero-order chi connectivity index (χ0) is 16.3. The van der Waals surface area contributed by atoms with E-state index in [4.69, 9.17) is 5.11 Å². The van der Waals surface area contributed by atoms with Gasteiger partial charge < -0.3 is 15.3 Å². The molecule has 0 saturated carbocycles. The van der Waals surface area contributed by atoms with Crippen LogP contribution in [-0.2, 0) is 9.59 Å². The molecule has 118 valence electrons. The summed E-state index contributed by atoms with van der Waals surface area (Å²) in [5.41, 5.74) is -0.329. The molecular formula is C14H15FN2O4S. The van der Waals surface area contributed by atoms with Crippen LogP contribution in [0.15, 0.2) is 18.2 Å². The summed E-state index contributed by atoms with van der Waals surface area (Å²) >= 11 is 1.44. The topological polar surface area (TPSA) is 86.7 Å². The summed E-state index contributed by atoms with van der Waals surface area (Å²) < 4.78 is 13.7. The Balaban J connectivity index is 2.16. The predicted octanol–water partition coefficient (Wildman–Crippen LogP) is 1.77. The first-order valence-corrected chi connectivity index (χ1v) is 7.80. The van der Waals surface area contributed by atoms with Crippen LogP contribution in [0.4, 0.5) is 10.1 Å². The van der Waals surface area contributed by atoms with Crippen molar-refractivity contribution >= 4 is 35.2 Å². The number of amides is 2. The Morgan fingerprint density at radius 3 is 2.82 bits per heavy atom. The normalized spacial score (nSPS) is 17.4. The molecule has 0 bridgehead atoms. The highest BCUT2D eigenvalue weighted by Crippen LogP contribution is 2.24. The average molecular weight is 326 g/mol. The van der Waals surface area contributed by atoms with Gasteiger partial charge >= 0.3 is 5.97 Å². The molecule has 6 nitrogen and oxygen atoms in total. The molecule has 1 saturated heterocycles. The number of carboxylic acid groups (broad SMARTS) is 1. The summed E-state index contributed by atoms with van der Waals surface area (Å²) in [7, 11) is 0. The quantitative estimate of drug-likeness (QED) is 0.881. The van der Waals surface area contributed by atoms with E-state index in [1.807, 2.05) is 0 Å². The Labute approximate surface area is 130 Å². The lowest BCUT2D eigenvalue weighted by Crippen LogP contribution is -2.44. The highest BCUT2D eigenvalue weighted by molar-refractivity contribution is 7.99. The maximum absolute atomic E-state index is 13.7. The van der Waals surface area contributed by atoms with Crippen LogP contribution in [0.2, 0.25) is 0 Å². The number of nitrogens with one attached hydrogen (secondary N) is 1. The molecule has 0 spiro atoms. The van der Waals surface area contributed by atoms with E-state index in [9.17, 15) is 18.8 Å². The largest absolute Gasteiger partial charge is 0.478 e. The van der Waals surface area contributed by atoms with Gasteiger partial charge in [0.15, 0.2) is 0 Å². The van der Waals surface area contributed by atoms with Gasteiger partial charge in [0.05, 0.1) is 17.1 Å². The van der Waals surface area contributed by atoms with Crippen LogP contribution in [0.5, 0.6) is 0 Å². The van der Waals surface area contributed by atoms with Crippen LogP contribution in [0.25, 0.3) is 0 Å². The second-order valence-electron chi connectivity index (χ2n) is 4.72. The van der Waals surface area contributed by atoms with Gasteiger partial charge in [-0.3, -0.25) is 9.59 Å². The zero-order valence-electron chi connectivity index (χ0n) is 11.8. The molecule has 1 aromatic carbocycles. The molecule has 1 aliphatic heterocycles. The first-order valence-electron chi connectivity index (χ1n) is 6.65. The molecular weight excluding hydrogens is 311 g/mol. The van der Waals surface area contributed by atoms with Gasteiger partial charge in [-0.2, -0.15) is 0 Å². The third-order valence-electron chi connectivity index (χ3n) is 3.28. The van der Waals surface area contributed by atoms with Crippen LogP contribution >= 0.6 is 11.8 Å². The van der Waals surface area contributed by atoms with Gasteiger partial charge in [-0.1, -0.05) is 6.92 Å². The molecule has 2 N–H and O–H groups in total. The van der Waals surface area contributed by atoms with Crippen molar-refractivity contribution in [3.63, 3.8) is 0 Å². The van der Waals surface area contributed by atoms with Gasteiger partial charge in [0, 0.05) is 12.2 Å². The second kappa shape index (κ2) is 6.78. The molecule has 1 heterocycles. The predicted molar refractivity (Wildman–Crippen MR) is 80.2 cm³/mol. The standard InChI is InChI=1S/C14H15FN2O4S/c1-2-12(18)17-7-22-6-11(17)13(19)16-10-5-8(14(20)21)3-4-9(10)15/h3-5,11H,2,6-7H2,1H3,(H,16,19)(H,20,21). The van der Waals surface area contributed by atoms with Crippen LogP contribution in [-0.4, -0.2) is 45.5 Å². The molecule has 1 aliphatic rings. The lowest BCUT2D eigenvalue weighted by Gasteiger charge is -2.22. The minimum atomic E-state index is -1.21. The van der Waals surface area contributed by atoms with E-state index in [2.05, 4.69) is 5.32 Å². The molecule has 8 heteroatoms. The van der Waals surface area contributed by atoms with E-state index in [1.54, 1.807) is 6.92 Å². The number of carbonyl (C=O) groups is 3. The van der Waals surface area contributed by atoms with Gasteiger partial charge in [-0.25, -0.2) is 9.18 Å². The number of nitrogens with zero attached hydrogens (tertiary/aromatic N) is 1. The molecule has 0 aromatic heterocycles. The zero-order valence-corrected chi connectivity index (χ0v) is 12.7. The van der Waals surface area contributed by atoms with E-state index in [1.165, 1.54) is 16.7 Å². The van der Waals surface area contributed by atoms with Crippen LogP contribution in [0.3, 0.4) is 0 Å². The molecule has 0 radical (unpaired) electrons. The fraction of sp³-hybridized carbons (Fsp3) is 0.357. The summed E-state index contributed by atoms with van der Waals surface area (Å²) in [6.07, 6.45) is 0.285. The maximum atomic E-state index is 13.7. The number of hydrogen-bond acceptors (Lipinski definition) is 4. The van der Waals surface area contributed by atoms with Crippen LogP contribution in [0.1, 0.15) is 23.7 Å². The minimum Gasteiger partial charge on any atom is -0.478 e. The van der Waals surface area contributed by atoms with Gasteiger partial charge in [-0.15, -0.1) is 11.8 Å². The summed E-state index contributed by atoms with van der Waals surface area (Å²) in [6, 6.07) is 2.48. The number of halogens is 1. The van der Waals surface area contributed by atoms with Crippen LogP contribution in [0, 0.1) is 5.82 Å². The minimum absolute atomic E-state index is 0.126. The van der Waals surface area contributed by atoms with Gasteiger partial charge in [-0.05, 0) is 18.2 Å². The highest BCUT2D eigenvalue weighted by Gasteiger charge is 2.34. The van der Waals surface area contributed by atoms with Crippen molar-refractivity contribution in [1.82, 2.24) is 4.90 Å². The van der Waals surface area contributed by atoms with Crippen molar-refractivity contribution in [1.29, 1.82) is 0 Å². The molecule has 1 atom stereocenters. The Bertz CT molecular complexity index is 623. The molecule has 2 amide bonds. The van der Waals surface area contributed by atoms with Crippen molar-refractivity contribution < 1.29 is 23.9 Å². The van der Waals surface area contributed by atoms with Gasteiger partial charge in [0.2, 0.25) is 11.8 Å². The third-order valence-corrected chi connectivity index (χ3v) is 4.29. The monoisotopic (exact) mass is 326 g/mol. The summed E-state index contributed by atoms with van der Waals surface area (Å²) in [6.45, 7) is 1.70. The first-order chi connectivity index (χ1) is 10.4. The lowest BCUT2D eigenvalue weighted by molar-refractivity contribution is -0.135. The summed E-state index contributed by atoms with van der Waals surface area (Å²) in [5, 5.41) is 11.3. The molecule has 1 aromatic rings. The molecule has 1 fully saturated rings. The van der Waals surface area contributed by atoms with Crippen molar-refractivity contribution in [2.45, 2.75) is 19.4 Å². The van der Waals surface area contributed by atoms with E-state index in [0.717, 1.165) is 18.2 Å². The summed E-state index contributed by atoms with van der Waals surface area (Å²) in [5.74, 6) is -1.76. The second-order valence-corrected chi connectivity index (χ2v) is 5.72. The van der Waals surface area contributed by atoms with E-state index in [0.29, 0.717) is 11.6 Å². The van der Waals surface area contributed by atoms with Crippen LogP contribution < -0.4 is 5.32 Å². The maximum Gasteiger partial charge on any atom is 0.335 e. The van der Waals surface area contributed by atoms with Gasteiger partial charge in [0.1, 0.15) is 11.9 Å². The van der Waals surface area contributed by atoms with Crippen molar-refractivity contribution in [3.8, 4) is 0 Å². The third kappa shape index (κ3) is 3.38. The fourth-order valence-corrected chi connectivity index (χ4v) is 3.26. The number of benzene rings is 1. The van der Waals surface area contributed by atoms with E-state index in [-0.39, 0.29) is 23.6 Å². The number of thioether (sulfide) groups is 1. The van der Waals surface area contributed by atoms with E-state index >= 15 is 0 Å².